The zero-order valence-electron chi connectivity index (χ0n) is 13.0. The molecule has 2 aromatic rings. The summed E-state index contributed by atoms with van der Waals surface area (Å²) in [6, 6.07) is 7.93. The van der Waals surface area contributed by atoms with Crippen molar-refractivity contribution in [3.05, 3.63) is 52.8 Å². The van der Waals surface area contributed by atoms with E-state index in [0.717, 1.165) is 0 Å². The highest BCUT2D eigenvalue weighted by molar-refractivity contribution is 6.29. The van der Waals surface area contributed by atoms with Gasteiger partial charge in [0.2, 0.25) is 0 Å². The number of halogens is 1. The molecule has 0 radical (unpaired) electrons. The van der Waals surface area contributed by atoms with Crippen LogP contribution in [0, 0.1) is 0 Å². The number of benzene rings is 1. The molecule has 1 heterocycles. The molecule has 2 rings (SSSR count). The van der Waals surface area contributed by atoms with Gasteiger partial charge in [-0.2, -0.15) is 0 Å². The van der Waals surface area contributed by atoms with Crippen molar-refractivity contribution < 1.29 is 14.3 Å². The number of methoxy groups -OCH3 is 1. The van der Waals surface area contributed by atoms with E-state index in [1.165, 1.54) is 24.3 Å². The first-order valence-electron chi connectivity index (χ1n) is 6.75. The first-order valence-corrected chi connectivity index (χ1v) is 7.12. The van der Waals surface area contributed by atoms with Crippen molar-refractivity contribution in [3.8, 4) is 5.75 Å². The third-order valence-corrected chi connectivity index (χ3v) is 3.31. The number of pyridine rings is 1. The van der Waals surface area contributed by atoms with Gasteiger partial charge in [-0.3, -0.25) is 9.59 Å². The predicted molar refractivity (Wildman–Crippen MR) is 88.2 cm³/mol. The average molecular weight is 334 g/mol. The quantitative estimate of drug-likeness (QED) is 0.873. The first kappa shape index (κ1) is 16.8. The van der Waals surface area contributed by atoms with Gasteiger partial charge in [0.1, 0.15) is 10.9 Å². The van der Waals surface area contributed by atoms with Gasteiger partial charge in [-0.1, -0.05) is 11.6 Å². The molecule has 0 aliphatic heterocycles. The van der Waals surface area contributed by atoms with Crippen molar-refractivity contribution in [2.24, 2.45) is 0 Å². The minimum absolute atomic E-state index is 0.170. The van der Waals surface area contributed by atoms with Crippen molar-refractivity contribution >= 4 is 29.1 Å². The summed E-state index contributed by atoms with van der Waals surface area (Å²) in [6.45, 7) is 0. The third kappa shape index (κ3) is 3.98. The fourth-order valence-corrected chi connectivity index (χ4v) is 2.01. The van der Waals surface area contributed by atoms with E-state index in [4.69, 9.17) is 16.3 Å². The zero-order chi connectivity index (χ0) is 17.0. The molecular weight excluding hydrogens is 318 g/mol. The van der Waals surface area contributed by atoms with Gasteiger partial charge in [0, 0.05) is 25.9 Å². The Hall–Kier alpha value is -2.60. The van der Waals surface area contributed by atoms with Crippen molar-refractivity contribution in [1.82, 2.24) is 9.88 Å². The lowest BCUT2D eigenvalue weighted by molar-refractivity contribution is 0.0827. The summed E-state index contributed by atoms with van der Waals surface area (Å²) in [5.41, 5.74) is 1.20. The molecule has 0 bridgehead atoms. The van der Waals surface area contributed by atoms with Crippen LogP contribution >= 0.6 is 11.6 Å². The number of anilines is 1. The Bertz CT molecular complexity index is 730. The normalized spacial score (nSPS) is 10.1. The summed E-state index contributed by atoms with van der Waals surface area (Å²) in [4.78, 5) is 29.6. The fourth-order valence-electron chi connectivity index (χ4n) is 1.90. The van der Waals surface area contributed by atoms with E-state index >= 15 is 0 Å². The van der Waals surface area contributed by atoms with Crippen LogP contribution in [-0.4, -0.2) is 42.9 Å². The lowest BCUT2D eigenvalue weighted by Gasteiger charge is -2.14. The number of hydrogen-bond donors (Lipinski definition) is 1. The van der Waals surface area contributed by atoms with E-state index in [2.05, 4.69) is 10.3 Å². The maximum atomic E-state index is 12.3. The minimum Gasteiger partial charge on any atom is -0.495 e. The molecule has 2 amide bonds. The molecule has 1 aromatic carbocycles. The van der Waals surface area contributed by atoms with Gasteiger partial charge in [-0.15, -0.1) is 0 Å². The third-order valence-electron chi connectivity index (χ3n) is 3.09. The summed E-state index contributed by atoms with van der Waals surface area (Å²) in [5.74, 6) is -0.0891. The van der Waals surface area contributed by atoms with E-state index in [1.54, 1.807) is 38.4 Å². The molecule has 0 spiro atoms. The van der Waals surface area contributed by atoms with Crippen molar-refractivity contribution in [2.45, 2.75) is 0 Å². The van der Waals surface area contributed by atoms with E-state index in [-0.39, 0.29) is 11.8 Å². The highest BCUT2D eigenvalue weighted by atomic mass is 35.5. The number of rotatable bonds is 4. The molecule has 0 saturated heterocycles. The van der Waals surface area contributed by atoms with Gasteiger partial charge in [0.15, 0.2) is 0 Å². The Labute approximate surface area is 139 Å². The summed E-state index contributed by atoms with van der Waals surface area (Å²) in [5, 5.41) is 3.02. The first-order chi connectivity index (χ1) is 10.9. The lowest BCUT2D eigenvalue weighted by Crippen LogP contribution is -2.22. The topological polar surface area (TPSA) is 71.5 Å². The second-order valence-electron chi connectivity index (χ2n) is 4.94. The molecule has 0 aliphatic rings. The van der Waals surface area contributed by atoms with Crippen LogP contribution in [0.15, 0.2) is 36.5 Å². The number of nitrogens with one attached hydrogen (secondary N) is 1. The fraction of sp³-hybridized carbons (Fsp3) is 0.188. The molecule has 6 nitrogen and oxygen atoms in total. The van der Waals surface area contributed by atoms with Crippen LogP contribution in [0.1, 0.15) is 20.7 Å². The highest BCUT2D eigenvalue weighted by Gasteiger charge is 2.14. The number of carbonyl (C=O) groups is 2. The van der Waals surface area contributed by atoms with Crippen LogP contribution < -0.4 is 10.1 Å². The molecule has 0 unspecified atom stereocenters. The van der Waals surface area contributed by atoms with E-state index < -0.39 is 0 Å². The molecule has 0 aliphatic carbocycles. The summed E-state index contributed by atoms with van der Waals surface area (Å²) >= 11 is 5.70. The van der Waals surface area contributed by atoms with Gasteiger partial charge in [0.25, 0.3) is 11.8 Å². The van der Waals surface area contributed by atoms with Gasteiger partial charge in [-0.25, -0.2) is 4.98 Å². The Morgan fingerprint density at radius 3 is 2.43 bits per heavy atom. The van der Waals surface area contributed by atoms with Gasteiger partial charge in [0.05, 0.1) is 18.4 Å². The monoisotopic (exact) mass is 333 g/mol. The largest absolute Gasteiger partial charge is 0.495 e. The standard InChI is InChI=1S/C16H16ClN3O3/c1-20(2)16(22)10-4-6-13(23-3)12(8-10)19-15(21)11-5-7-14(17)18-9-11/h4-9H,1-3H3,(H,19,21). The van der Waals surface area contributed by atoms with E-state index in [0.29, 0.717) is 27.7 Å². The molecule has 23 heavy (non-hydrogen) atoms. The average Bonchev–Trinajstić information content (AvgIpc) is 2.54. The van der Waals surface area contributed by atoms with Gasteiger partial charge >= 0.3 is 0 Å². The highest BCUT2D eigenvalue weighted by Crippen LogP contribution is 2.26. The SMILES string of the molecule is COc1ccc(C(=O)N(C)C)cc1NC(=O)c1ccc(Cl)nc1. The number of ether oxygens (including phenoxy) is 1. The van der Waals surface area contributed by atoms with Crippen molar-refractivity contribution in [2.75, 3.05) is 26.5 Å². The Morgan fingerprint density at radius 1 is 1.17 bits per heavy atom. The van der Waals surface area contributed by atoms with E-state index in [9.17, 15) is 9.59 Å². The van der Waals surface area contributed by atoms with Crippen molar-refractivity contribution in [3.63, 3.8) is 0 Å². The van der Waals surface area contributed by atoms with Gasteiger partial charge < -0.3 is 15.0 Å². The second-order valence-corrected chi connectivity index (χ2v) is 5.33. The molecular formula is C16H16ClN3O3. The minimum atomic E-state index is -0.373. The predicted octanol–water partition coefficient (Wildman–Crippen LogP) is 2.70. The number of amides is 2. The molecule has 1 N–H and O–H groups in total. The maximum Gasteiger partial charge on any atom is 0.257 e. The maximum absolute atomic E-state index is 12.3. The van der Waals surface area contributed by atoms with Crippen LogP contribution in [0.4, 0.5) is 5.69 Å². The Kier molecular flexibility index (Phi) is 5.18. The molecule has 120 valence electrons. The molecule has 7 heteroatoms. The van der Waals surface area contributed by atoms with Gasteiger partial charge in [-0.05, 0) is 30.3 Å². The Balaban J connectivity index is 2.30. The lowest BCUT2D eigenvalue weighted by atomic mass is 10.1. The second kappa shape index (κ2) is 7.11. The molecule has 0 fully saturated rings. The number of aromatic nitrogens is 1. The Morgan fingerprint density at radius 2 is 1.87 bits per heavy atom. The van der Waals surface area contributed by atoms with Crippen LogP contribution in [0.2, 0.25) is 5.15 Å². The summed E-state index contributed by atoms with van der Waals surface area (Å²) in [6.07, 6.45) is 1.37. The zero-order valence-corrected chi connectivity index (χ0v) is 13.7. The van der Waals surface area contributed by atoms with Crippen molar-refractivity contribution in [1.29, 1.82) is 0 Å². The van der Waals surface area contributed by atoms with E-state index in [1.807, 2.05) is 0 Å². The number of hydrogen-bond acceptors (Lipinski definition) is 4. The van der Waals surface area contributed by atoms with Crippen LogP contribution in [0.25, 0.3) is 0 Å². The van der Waals surface area contributed by atoms with Crippen LogP contribution in [0.5, 0.6) is 5.75 Å². The number of carbonyl (C=O) groups excluding carboxylic acids is 2. The molecule has 0 atom stereocenters. The number of nitrogens with zero attached hydrogens (tertiary/aromatic N) is 2. The van der Waals surface area contributed by atoms with Crippen LogP contribution in [-0.2, 0) is 0 Å². The molecule has 0 saturated carbocycles. The summed E-state index contributed by atoms with van der Waals surface area (Å²) in [7, 11) is 4.80. The molecule has 1 aromatic heterocycles. The van der Waals surface area contributed by atoms with Crippen LogP contribution in [0.3, 0.4) is 0 Å². The smallest absolute Gasteiger partial charge is 0.257 e. The summed E-state index contributed by atoms with van der Waals surface area (Å²) < 4.78 is 5.22.